The molecule has 3 aromatic rings. The van der Waals surface area contributed by atoms with E-state index < -0.39 is 0 Å². The van der Waals surface area contributed by atoms with Crippen molar-refractivity contribution in [2.75, 3.05) is 40.7 Å². The van der Waals surface area contributed by atoms with Crippen molar-refractivity contribution < 1.29 is 33.0 Å². The van der Waals surface area contributed by atoms with Gasteiger partial charge in [-0.05, 0) is 54.1 Å². The van der Waals surface area contributed by atoms with Gasteiger partial charge in [0.25, 0.3) is 5.91 Å². The van der Waals surface area contributed by atoms with E-state index in [0.717, 1.165) is 5.56 Å². The highest BCUT2D eigenvalue weighted by molar-refractivity contribution is 5.96. The molecule has 0 fully saturated rings. The van der Waals surface area contributed by atoms with E-state index in [2.05, 4.69) is 0 Å². The van der Waals surface area contributed by atoms with Gasteiger partial charge >= 0.3 is 0 Å². The monoisotopic (exact) mass is 480 g/mol. The summed E-state index contributed by atoms with van der Waals surface area (Å²) in [7, 11) is 3.12. The van der Waals surface area contributed by atoms with Gasteiger partial charge in [-0.2, -0.15) is 0 Å². The Balaban J connectivity index is 1.52. The highest BCUT2D eigenvalue weighted by Gasteiger charge is 2.24. The molecule has 0 spiro atoms. The van der Waals surface area contributed by atoms with Crippen LogP contribution in [0.25, 0.3) is 0 Å². The van der Waals surface area contributed by atoms with Crippen LogP contribution in [0.3, 0.4) is 0 Å². The lowest BCUT2D eigenvalue weighted by Gasteiger charge is -2.27. The summed E-state index contributed by atoms with van der Waals surface area (Å²) < 4.78 is 26.7. The van der Waals surface area contributed by atoms with Crippen molar-refractivity contribution in [1.29, 1.82) is 0 Å². The zero-order chi connectivity index (χ0) is 24.6. The summed E-state index contributed by atoms with van der Waals surface area (Å²) in [4.78, 5) is 29.9. The maximum absolute atomic E-state index is 13.5. The summed E-state index contributed by atoms with van der Waals surface area (Å²) >= 11 is 0. The maximum Gasteiger partial charge on any atom is 0.254 e. The minimum atomic E-state index is -0.265. The highest BCUT2D eigenvalue weighted by atomic mass is 16.7. The van der Waals surface area contributed by atoms with Crippen LogP contribution in [0, 0.1) is 0 Å². The molecule has 0 aliphatic carbocycles. The molecule has 4 rings (SSSR count). The van der Waals surface area contributed by atoms with Crippen molar-refractivity contribution in [1.82, 2.24) is 9.80 Å². The molecule has 35 heavy (non-hydrogen) atoms. The van der Waals surface area contributed by atoms with E-state index in [9.17, 15) is 9.59 Å². The van der Waals surface area contributed by atoms with E-state index >= 15 is 0 Å². The van der Waals surface area contributed by atoms with Gasteiger partial charge in [-0.15, -0.1) is 0 Å². The lowest BCUT2D eigenvalue weighted by Crippen LogP contribution is -2.43. The van der Waals surface area contributed by atoms with Crippen LogP contribution in [-0.4, -0.2) is 62.3 Å². The Labute approximate surface area is 203 Å². The third kappa shape index (κ3) is 6.13. The molecule has 9 nitrogen and oxygen atoms in total. The summed E-state index contributed by atoms with van der Waals surface area (Å²) in [5.41, 5.74) is 1.34. The van der Waals surface area contributed by atoms with Crippen molar-refractivity contribution in [2.24, 2.45) is 0 Å². The third-order valence-corrected chi connectivity index (χ3v) is 5.61. The molecule has 0 saturated carbocycles. The molecular weight excluding hydrogens is 452 g/mol. The second-order valence-corrected chi connectivity index (χ2v) is 7.96. The molecular formula is C26H28N2O7. The number of methoxy groups -OCH3 is 2. The van der Waals surface area contributed by atoms with E-state index in [4.69, 9.17) is 23.4 Å². The zero-order valence-electron chi connectivity index (χ0n) is 19.8. The molecule has 2 amide bonds. The van der Waals surface area contributed by atoms with Crippen molar-refractivity contribution >= 4 is 11.8 Å². The number of carbonyl (C=O) groups excluding carboxylic acids is 2. The highest BCUT2D eigenvalue weighted by Crippen LogP contribution is 2.33. The smallest absolute Gasteiger partial charge is 0.254 e. The first-order chi connectivity index (χ1) is 17.1. The summed E-state index contributed by atoms with van der Waals surface area (Å²) in [5.74, 6) is 2.12. The summed E-state index contributed by atoms with van der Waals surface area (Å²) in [5, 5.41) is 0. The van der Waals surface area contributed by atoms with E-state index in [1.807, 2.05) is 24.3 Å². The van der Waals surface area contributed by atoms with Gasteiger partial charge in [-0.25, -0.2) is 0 Å². The molecule has 0 bridgehead atoms. The summed E-state index contributed by atoms with van der Waals surface area (Å²) in [6.45, 7) is 1.20. The lowest BCUT2D eigenvalue weighted by atomic mass is 10.1. The molecule has 0 saturated heterocycles. The first kappa shape index (κ1) is 24.2. The van der Waals surface area contributed by atoms with Gasteiger partial charge in [-0.3, -0.25) is 9.59 Å². The quantitative estimate of drug-likeness (QED) is 0.416. The van der Waals surface area contributed by atoms with E-state index in [1.54, 1.807) is 55.7 Å². The van der Waals surface area contributed by atoms with Crippen molar-refractivity contribution in [2.45, 2.75) is 13.1 Å². The van der Waals surface area contributed by atoms with E-state index in [-0.39, 0.29) is 38.2 Å². The fraction of sp³-hybridized carbons (Fsp3) is 0.308. The molecule has 1 aliphatic heterocycles. The molecule has 0 radical (unpaired) electrons. The molecule has 0 N–H and O–H groups in total. The molecule has 2 heterocycles. The Kier molecular flexibility index (Phi) is 7.89. The van der Waals surface area contributed by atoms with Crippen LogP contribution in [0.15, 0.2) is 65.3 Å². The van der Waals surface area contributed by atoms with Crippen LogP contribution >= 0.6 is 0 Å². The van der Waals surface area contributed by atoms with Crippen LogP contribution in [-0.2, 0) is 22.6 Å². The molecule has 1 aromatic heterocycles. The zero-order valence-corrected chi connectivity index (χ0v) is 19.8. The number of benzene rings is 2. The van der Waals surface area contributed by atoms with Gasteiger partial charge in [0.2, 0.25) is 12.7 Å². The number of hydrogen-bond acceptors (Lipinski definition) is 7. The number of ether oxygens (including phenoxy) is 4. The summed E-state index contributed by atoms with van der Waals surface area (Å²) in [6.07, 6.45) is 1.57. The van der Waals surface area contributed by atoms with Crippen LogP contribution in [0.1, 0.15) is 21.7 Å². The van der Waals surface area contributed by atoms with E-state index in [0.29, 0.717) is 41.7 Å². The summed E-state index contributed by atoms with van der Waals surface area (Å²) in [6, 6.07) is 15.9. The number of amides is 2. The van der Waals surface area contributed by atoms with Gasteiger partial charge in [0.15, 0.2) is 11.5 Å². The molecule has 9 heteroatoms. The average Bonchev–Trinajstić information content (AvgIpc) is 3.57. The number of hydrogen-bond donors (Lipinski definition) is 0. The van der Waals surface area contributed by atoms with Crippen LogP contribution in [0.2, 0.25) is 0 Å². The Morgan fingerprint density at radius 2 is 1.74 bits per heavy atom. The fourth-order valence-electron chi connectivity index (χ4n) is 3.72. The van der Waals surface area contributed by atoms with Crippen LogP contribution in [0.4, 0.5) is 0 Å². The maximum atomic E-state index is 13.5. The van der Waals surface area contributed by atoms with Crippen LogP contribution < -0.4 is 14.2 Å². The minimum absolute atomic E-state index is 0.112. The standard InChI is InChI=1S/C26H28N2O7/c1-31-13-11-27(26(30)20-6-8-21(32-2)9-7-20)17-25(29)28(16-22-4-3-12-33-22)15-19-5-10-23-24(14-19)35-18-34-23/h3-10,12,14H,11,13,15-18H2,1-2H3. The normalized spacial score (nSPS) is 11.8. The predicted molar refractivity (Wildman–Crippen MR) is 126 cm³/mol. The molecule has 2 aromatic carbocycles. The third-order valence-electron chi connectivity index (χ3n) is 5.61. The number of rotatable bonds is 11. The Hall–Kier alpha value is -3.98. The number of nitrogens with zero attached hydrogens (tertiary/aromatic N) is 2. The van der Waals surface area contributed by atoms with Crippen molar-refractivity contribution in [3.8, 4) is 17.2 Å². The molecule has 1 aliphatic rings. The first-order valence-corrected chi connectivity index (χ1v) is 11.2. The minimum Gasteiger partial charge on any atom is -0.497 e. The topological polar surface area (TPSA) is 90.7 Å². The molecule has 0 atom stereocenters. The van der Waals surface area contributed by atoms with E-state index in [1.165, 1.54) is 4.90 Å². The second-order valence-electron chi connectivity index (χ2n) is 7.96. The number of furan rings is 1. The predicted octanol–water partition coefficient (Wildman–Crippen LogP) is 3.33. The van der Waals surface area contributed by atoms with Crippen molar-refractivity contribution in [3.63, 3.8) is 0 Å². The van der Waals surface area contributed by atoms with Gasteiger partial charge in [0.05, 0.1) is 26.5 Å². The van der Waals surface area contributed by atoms with Crippen molar-refractivity contribution in [3.05, 3.63) is 77.7 Å². The van der Waals surface area contributed by atoms with Gasteiger partial charge in [0, 0.05) is 25.8 Å². The van der Waals surface area contributed by atoms with Gasteiger partial charge < -0.3 is 33.2 Å². The average molecular weight is 481 g/mol. The Morgan fingerprint density at radius 1 is 0.943 bits per heavy atom. The SMILES string of the molecule is COCCN(CC(=O)N(Cc1ccc2c(c1)OCO2)Cc1ccco1)C(=O)c1ccc(OC)cc1. The molecule has 184 valence electrons. The number of fused-ring (bicyclic) bond motifs is 1. The Bertz CT molecular complexity index is 1130. The lowest BCUT2D eigenvalue weighted by molar-refractivity contribution is -0.133. The van der Waals surface area contributed by atoms with Crippen LogP contribution in [0.5, 0.6) is 17.2 Å². The second kappa shape index (κ2) is 11.4. The molecule has 0 unspecified atom stereocenters. The van der Waals surface area contributed by atoms with Gasteiger partial charge in [-0.1, -0.05) is 6.07 Å². The number of carbonyl (C=O) groups is 2. The fourth-order valence-corrected chi connectivity index (χ4v) is 3.72. The first-order valence-electron chi connectivity index (χ1n) is 11.2. The Morgan fingerprint density at radius 3 is 2.46 bits per heavy atom. The largest absolute Gasteiger partial charge is 0.497 e. The van der Waals surface area contributed by atoms with Gasteiger partial charge in [0.1, 0.15) is 18.1 Å².